The smallest absolute Gasteiger partial charge is 0.370 e. The highest BCUT2D eigenvalue weighted by Gasteiger charge is 2.40. The van der Waals surface area contributed by atoms with Gasteiger partial charge in [0.25, 0.3) is 0 Å². The molecule has 5 atom stereocenters. The van der Waals surface area contributed by atoms with Crippen molar-refractivity contribution in [2.75, 3.05) is 6.54 Å². The summed E-state index contributed by atoms with van der Waals surface area (Å²) in [4.78, 5) is 22.4. The van der Waals surface area contributed by atoms with E-state index in [1.807, 2.05) is 0 Å². The van der Waals surface area contributed by atoms with Crippen LogP contribution in [0.15, 0.2) is 11.8 Å². The number of hydrogen-bond donors (Lipinski definition) is 5. The minimum absolute atomic E-state index is 0.201. The first-order valence-electron chi connectivity index (χ1n) is 7.08. The summed E-state index contributed by atoms with van der Waals surface area (Å²) < 4.78 is 5.15. The van der Waals surface area contributed by atoms with Gasteiger partial charge in [-0.3, -0.25) is 4.79 Å². The molecule has 0 aromatic heterocycles. The molecule has 1 rings (SSSR count). The highest BCUT2D eigenvalue weighted by molar-refractivity contribution is 5.84. The maximum absolute atomic E-state index is 11.4. The van der Waals surface area contributed by atoms with Crippen LogP contribution in [0.3, 0.4) is 0 Å². The van der Waals surface area contributed by atoms with Crippen LogP contribution in [0.4, 0.5) is 0 Å². The zero-order valence-electron chi connectivity index (χ0n) is 12.8. The summed E-state index contributed by atoms with van der Waals surface area (Å²) in [5.41, 5.74) is 0. The summed E-state index contributed by atoms with van der Waals surface area (Å²) >= 11 is 0. The van der Waals surface area contributed by atoms with Gasteiger partial charge in [-0.2, -0.15) is 0 Å². The molecular formula is C14H23NO7. The van der Waals surface area contributed by atoms with Gasteiger partial charge >= 0.3 is 5.97 Å². The quantitative estimate of drug-likeness (QED) is 0.417. The summed E-state index contributed by atoms with van der Waals surface area (Å²) in [5, 5.41) is 41.2. The number of amides is 1. The van der Waals surface area contributed by atoms with Crippen molar-refractivity contribution in [1.29, 1.82) is 0 Å². The number of carbonyl (C=O) groups is 2. The van der Waals surface area contributed by atoms with Gasteiger partial charge in [0, 0.05) is 18.4 Å². The van der Waals surface area contributed by atoms with Crippen LogP contribution in [0.5, 0.6) is 0 Å². The van der Waals surface area contributed by atoms with Gasteiger partial charge in [0.05, 0.1) is 6.10 Å². The van der Waals surface area contributed by atoms with Crippen molar-refractivity contribution in [3.8, 4) is 0 Å². The van der Waals surface area contributed by atoms with Crippen LogP contribution in [-0.4, -0.2) is 63.3 Å². The second-order valence-electron chi connectivity index (χ2n) is 5.73. The average molecular weight is 317 g/mol. The Labute approximate surface area is 128 Å². The number of ether oxygens (including phenoxy) is 1. The average Bonchev–Trinajstić information content (AvgIpc) is 2.45. The predicted octanol–water partition coefficient (Wildman–Crippen LogP) is -1.16. The molecule has 0 radical (unpaired) electrons. The Hall–Kier alpha value is -1.64. The number of aliphatic hydroxyl groups excluding tert-OH is 3. The number of carboxylic acid groups (broad SMARTS) is 1. The van der Waals surface area contributed by atoms with Crippen molar-refractivity contribution in [2.45, 2.75) is 45.2 Å². The zero-order valence-corrected chi connectivity index (χ0v) is 12.8. The number of aliphatic hydroxyl groups is 3. The minimum Gasteiger partial charge on any atom is -0.480 e. The summed E-state index contributed by atoms with van der Waals surface area (Å²) in [6.07, 6.45) is -3.98. The van der Waals surface area contributed by atoms with Gasteiger partial charge in [-0.05, 0) is 6.08 Å². The Morgan fingerprint density at radius 2 is 1.95 bits per heavy atom. The van der Waals surface area contributed by atoms with Gasteiger partial charge in [0.2, 0.25) is 11.7 Å². The molecule has 1 aliphatic heterocycles. The molecule has 0 aliphatic carbocycles. The molecule has 0 spiro atoms. The van der Waals surface area contributed by atoms with Crippen LogP contribution in [0, 0.1) is 11.8 Å². The van der Waals surface area contributed by atoms with Gasteiger partial charge in [-0.1, -0.05) is 20.8 Å². The Balaban J connectivity index is 2.70. The van der Waals surface area contributed by atoms with Crippen molar-refractivity contribution in [2.24, 2.45) is 11.8 Å². The Morgan fingerprint density at radius 3 is 2.45 bits per heavy atom. The fourth-order valence-electron chi connectivity index (χ4n) is 2.05. The molecule has 0 fully saturated rings. The van der Waals surface area contributed by atoms with Crippen LogP contribution in [-0.2, 0) is 14.3 Å². The van der Waals surface area contributed by atoms with Gasteiger partial charge in [0.15, 0.2) is 0 Å². The largest absolute Gasteiger partial charge is 0.480 e. The highest BCUT2D eigenvalue weighted by Crippen LogP contribution is 2.27. The Bertz CT molecular complexity index is 448. The number of aliphatic carboxylic acids is 1. The SMILES string of the molecule is CC(C)C(=O)NC[C@H](O)[C@H](O)C1OC(C(=O)O)=CC(O)[C@H]1C. The first-order valence-corrected chi connectivity index (χ1v) is 7.08. The summed E-state index contributed by atoms with van der Waals surface area (Å²) in [7, 11) is 0. The summed E-state index contributed by atoms with van der Waals surface area (Å²) in [6.45, 7) is 4.73. The second kappa shape index (κ2) is 7.57. The van der Waals surface area contributed by atoms with Crippen LogP contribution in [0.25, 0.3) is 0 Å². The van der Waals surface area contributed by atoms with E-state index in [0.29, 0.717) is 0 Å². The van der Waals surface area contributed by atoms with Gasteiger partial charge in [-0.25, -0.2) is 4.79 Å². The number of rotatable bonds is 6. The molecule has 2 unspecified atom stereocenters. The second-order valence-corrected chi connectivity index (χ2v) is 5.73. The number of carbonyl (C=O) groups excluding carboxylic acids is 1. The molecule has 0 saturated heterocycles. The maximum atomic E-state index is 11.4. The molecule has 1 aliphatic rings. The highest BCUT2D eigenvalue weighted by atomic mass is 16.5. The predicted molar refractivity (Wildman–Crippen MR) is 75.6 cm³/mol. The van der Waals surface area contributed by atoms with E-state index >= 15 is 0 Å². The van der Waals surface area contributed by atoms with E-state index in [9.17, 15) is 24.9 Å². The third-order valence-corrected chi connectivity index (χ3v) is 3.59. The van der Waals surface area contributed by atoms with Crippen LogP contribution < -0.4 is 5.32 Å². The lowest BCUT2D eigenvalue weighted by Gasteiger charge is -2.36. The topological polar surface area (TPSA) is 136 Å². The van der Waals surface area contributed by atoms with Crippen LogP contribution >= 0.6 is 0 Å². The van der Waals surface area contributed by atoms with Crippen molar-refractivity contribution >= 4 is 11.9 Å². The van der Waals surface area contributed by atoms with Crippen molar-refractivity contribution in [1.82, 2.24) is 5.32 Å². The molecular weight excluding hydrogens is 294 g/mol. The molecule has 0 aromatic rings. The summed E-state index contributed by atoms with van der Waals surface area (Å²) in [5.74, 6) is -3.01. The fraction of sp³-hybridized carbons (Fsp3) is 0.714. The molecule has 8 heteroatoms. The lowest BCUT2D eigenvalue weighted by atomic mass is 9.89. The molecule has 126 valence electrons. The van der Waals surface area contributed by atoms with E-state index in [4.69, 9.17) is 9.84 Å². The molecule has 22 heavy (non-hydrogen) atoms. The van der Waals surface area contributed by atoms with E-state index in [0.717, 1.165) is 6.08 Å². The molecule has 1 amide bonds. The third kappa shape index (κ3) is 4.43. The summed E-state index contributed by atoms with van der Waals surface area (Å²) in [6, 6.07) is 0. The Morgan fingerprint density at radius 1 is 1.36 bits per heavy atom. The normalized spacial score (nSPS) is 27.6. The van der Waals surface area contributed by atoms with E-state index in [1.54, 1.807) is 20.8 Å². The van der Waals surface area contributed by atoms with Crippen molar-refractivity contribution in [3.63, 3.8) is 0 Å². The van der Waals surface area contributed by atoms with Crippen molar-refractivity contribution < 1.29 is 34.8 Å². The number of carboxylic acids is 1. The number of nitrogens with one attached hydrogen (secondary N) is 1. The molecule has 0 aromatic carbocycles. The van der Waals surface area contributed by atoms with E-state index in [2.05, 4.69) is 5.32 Å². The Kier molecular flexibility index (Phi) is 6.34. The van der Waals surface area contributed by atoms with E-state index < -0.39 is 42.1 Å². The van der Waals surface area contributed by atoms with Crippen LogP contribution in [0.1, 0.15) is 20.8 Å². The molecule has 1 heterocycles. The molecule has 5 N–H and O–H groups in total. The van der Waals surface area contributed by atoms with Crippen molar-refractivity contribution in [3.05, 3.63) is 11.8 Å². The van der Waals surface area contributed by atoms with Gasteiger partial charge in [-0.15, -0.1) is 0 Å². The van der Waals surface area contributed by atoms with Gasteiger partial charge < -0.3 is 30.5 Å². The third-order valence-electron chi connectivity index (χ3n) is 3.59. The fourth-order valence-corrected chi connectivity index (χ4v) is 2.05. The standard InChI is InChI=1S/C14H23NO7/c1-6(2)13(19)15-5-9(17)11(18)12-7(3)8(16)4-10(22-12)14(20)21/h4,6-9,11-12,16-18H,5H2,1-3H3,(H,15,19)(H,20,21)/t7-,8?,9+,11+,12?/m1/s1. The monoisotopic (exact) mass is 317 g/mol. The maximum Gasteiger partial charge on any atom is 0.370 e. The molecule has 0 saturated carbocycles. The first-order chi connectivity index (χ1) is 10.1. The molecule has 0 bridgehead atoms. The lowest BCUT2D eigenvalue weighted by molar-refractivity contribution is -0.149. The van der Waals surface area contributed by atoms with E-state index in [-0.39, 0.29) is 18.4 Å². The zero-order chi connectivity index (χ0) is 17.0. The first kappa shape index (κ1) is 18.4. The minimum atomic E-state index is -1.46. The lowest BCUT2D eigenvalue weighted by Crippen LogP contribution is -2.51. The molecule has 8 nitrogen and oxygen atoms in total. The van der Waals surface area contributed by atoms with Gasteiger partial charge in [0.1, 0.15) is 18.3 Å². The number of hydrogen-bond acceptors (Lipinski definition) is 6. The van der Waals surface area contributed by atoms with E-state index in [1.165, 1.54) is 0 Å². The van der Waals surface area contributed by atoms with Crippen LogP contribution in [0.2, 0.25) is 0 Å².